The third-order valence-corrected chi connectivity index (χ3v) is 6.28. The third kappa shape index (κ3) is 4.42. The number of anilines is 1. The van der Waals surface area contributed by atoms with Crippen LogP contribution in [0.25, 0.3) is 21.0 Å². The van der Waals surface area contributed by atoms with E-state index < -0.39 is 0 Å². The number of halogens is 1. The van der Waals surface area contributed by atoms with E-state index in [9.17, 15) is 4.79 Å². The third-order valence-electron chi connectivity index (χ3n) is 5.00. The minimum absolute atomic E-state index is 0.109. The summed E-state index contributed by atoms with van der Waals surface area (Å²) in [6.45, 7) is 0.191. The maximum atomic E-state index is 13.2. The van der Waals surface area contributed by atoms with Crippen LogP contribution in [0.1, 0.15) is 5.69 Å². The van der Waals surface area contributed by atoms with Gasteiger partial charge in [0, 0.05) is 11.2 Å². The number of nitrogens with zero attached hydrogens (tertiary/aromatic N) is 3. The summed E-state index contributed by atoms with van der Waals surface area (Å²) in [6, 6.07) is 24.9. The van der Waals surface area contributed by atoms with Crippen molar-refractivity contribution < 1.29 is 9.53 Å². The first kappa shape index (κ1) is 20.4. The van der Waals surface area contributed by atoms with E-state index >= 15 is 0 Å². The van der Waals surface area contributed by atoms with Gasteiger partial charge in [-0.15, -0.1) is 0 Å². The number of benzene rings is 3. The Morgan fingerprint density at radius 2 is 1.81 bits per heavy atom. The highest BCUT2D eigenvalue weighted by molar-refractivity contribution is 7.22. The molecule has 0 spiro atoms. The highest BCUT2D eigenvalue weighted by Crippen LogP contribution is 2.31. The number of carbonyl (C=O) groups is 1. The number of ether oxygens (including phenoxy) is 1. The van der Waals surface area contributed by atoms with Crippen LogP contribution in [0.15, 0.2) is 85.1 Å². The highest BCUT2D eigenvalue weighted by atomic mass is 35.5. The molecular weight excluding hydrogens is 442 g/mol. The molecule has 0 fully saturated rings. The molecule has 0 aliphatic heterocycles. The van der Waals surface area contributed by atoms with Gasteiger partial charge in [-0.2, -0.15) is 0 Å². The number of thiazole rings is 1. The minimum Gasteiger partial charge on any atom is -0.484 e. The van der Waals surface area contributed by atoms with Gasteiger partial charge in [0.05, 0.1) is 22.5 Å². The number of fused-ring (bicyclic) bond motifs is 2. The second-order valence-electron chi connectivity index (χ2n) is 7.21. The lowest BCUT2D eigenvalue weighted by Crippen LogP contribution is -2.34. The average Bonchev–Trinajstić information content (AvgIpc) is 3.24. The Kier molecular flexibility index (Phi) is 5.71. The fourth-order valence-electron chi connectivity index (χ4n) is 3.40. The number of hydrogen-bond acceptors (Lipinski definition) is 5. The van der Waals surface area contributed by atoms with Crippen molar-refractivity contribution in [1.82, 2.24) is 9.97 Å². The second kappa shape index (κ2) is 8.94. The molecule has 0 N–H and O–H groups in total. The molecule has 1 amide bonds. The van der Waals surface area contributed by atoms with Crippen LogP contribution in [-0.2, 0) is 11.3 Å². The van der Waals surface area contributed by atoms with Crippen molar-refractivity contribution in [3.05, 3.63) is 95.8 Å². The van der Waals surface area contributed by atoms with Gasteiger partial charge in [0.25, 0.3) is 5.91 Å². The van der Waals surface area contributed by atoms with Crippen LogP contribution in [0.4, 0.5) is 5.13 Å². The van der Waals surface area contributed by atoms with E-state index in [0.717, 1.165) is 26.7 Å². The molecule has 0 saturated carbocycles. The highest BCUT2D eigenvalue weighted by Gasteiger charge is 2.21. The van der Waals surface area contributed by atoms with Crippen molar-refractivity contribution in [2.24, 2.45) is 0 Å². The molecule has 7 heteroatoms. The lowest BCUT2D eigenvalue weighted by Gasteiger charge is -2.19. The predicted octanol–water partition coefficient (Wildman–Crippen LogP) is 6.11. The van der Waals surface area contributed by atoms with Gasteiger partial charge in [0.1, 0.15) is 5.75 Å². The van der Waals surface area contributed by atoms with Crippen molar-refractivity contribution >= 4 is 55.0 Å². The van der Waals surface area contributed by atoms with Gasteiger partial charge < -0.3 is 4.74 Å². The number of aromatic nitrogens is 2. The predicted molar refractivity (Wildman–Crippen MR) is 130 cm³/mol. The molecular formula is C25H18ClN3O2S. The van der Waals surface area contributed by atoms with Crippen LogP contribution in [0.3, 0.4) is 0 Å². The Labute approximate surface area is 193 Å². The molecule has 0 saturated heterocycles. The first-order valence-electron chi connectivity index (χ1n) is 10.0. The first-order chi connectivity index (χ1) is 15.7. The van der Waals surface area contributed by atoms with Crippen LogP contribution in [0.2, 0.25) is 5.02 Å². The van der Waals surface area contributed by atoms with E-state index in [1.165, 1.54) is 11.3 Å². The van der Waals surface area contributed by atoms with Crippen molar-refractivity contribution in [1.29, 1.82) is 0 Å². The van der Waals surface area contributed by atoms with Gasteiger partial charge in [-0.05, 0) is 53.2 Å². The summed E-state index contributed by atoms with van der Waals surface area (Å²) in [6.07, 6.45) is 1.71. The Balaban J connectivity index is 1.41. The minimum atomic E-state index is -0.200. The molecule has 5 aromatic rings. The van der Waals surface area contributed by atoms with Gasteiger partial charge in [0.2, 0.25) is 0 Å². The van der Waals surface area contributed by atoms with E-state index in [1.54, 1.807) is 17.2 Å². The summed E-state index contributed by atoms with van der Waals surface area (Å²) in [4.78, 5) is 23.9. The van der Waals surface area contributed by atoms with Crippen molar-refractivity contribution in [3.8, 4) is 5.75 Å². The smallest absolute Gasteiger partial charge is 0.267 e. The normalized spacial score (nSPS) is 11.0. The fraction of sp³-hybridized carbons (Fsp3) is 0.0800. The molecule has 2 aromatic heterocycles. The first-order valence-corrected chi connectivity index (χ1v) is 11.2. The van der Waals surface area contributed by atoms with Crippen LogP contribution in [0.5, 0.6) is 5.75 Å². The molecule has 0 aliphatic carbocycles. The topological polar surface area (TPSA) is 55.3 Å². The number of amides is 1. The number of rotatable bonds is 6. The van der Waals surface area contributed by atoms with Gasteiger partial charge in [-0.3, -0.25) is 14.7 Å². The number of hydrogen-bond donors (Lipinski definition) is 0. The standard InChI is InChI=1S/C25H18ClN3O2S/c26-19-9-11-22-23(14-19)32-25(28-22)29(15-20-7-3-4-12-27-20)24(30)16-31-21-10-8-17-5-1-2-6-18(17)13-21/h1-14H,15-16H2. The number of carbonyl (C=O) groups excluding carboxylic acids is 1. The fourth-order valence-corrected chi connectivity index (χ4v) is 4.66. The molecule has 158 valence electrons. The number of pyridine rings is 1. The van der Waals surface area contributed by atoms with E-state index in [1.807, 2.05) is 72.8 Å². The molecule has 0 aliphatic rings. The molecule has 32 heavy (non-hydrogen) atoms. The Bertz CT molecular complexity index is 1400. The van der Waals surface area contributed by atoms with Crippen LogP contribution >= 0.6 is 22.9 Å². The quantitative estimate of drug-likeness (QED) is 0.307. The van der Waals surface area contributed by atoms with Gasteiger partial charge in [-0.25, -0.2) is 4.98 Å². The summed E-state index contributed by atoms with van der Waals surface area (Å²) < 4.78 is 6.77. The van der Waals surface area contributed by atoms with E-state index in [-0.39, 0.29) is 12.5 Å². The molecule has 5 rings (SSSR count). The van der Waals surface area contributed by atoms with Crippen molar-refractivity contribution in [3.63, 3.8) is 0 Å². The van der Waals surface area contributed by atoms with E-state index in [0.29, 0.717) is 22.4 Å². The zero-order valence-electron chi connectivity index (χ0n) is 16.9. The second-order valence-corrected chi connectivity index (χ2v) is 8.65. The van der Waals surface area contributed by atoms with E-state index in [2.05, 4.69) is 9.97 Å². The monoisotopic (exact) mass is 459 g/mol. The SMILES string of the molecule is O=C(COc1ccc2ccccc2c1)N(Cc1ccccn1)c1nc2ccc(Cl)cc2s1. The Morgan fingerprint density at radius 1 is 0.969 bits per heavy atom. The zero-order valence-corrected chi connectivity index (χ0v) is 18.5. The molecule has 0 atom stereocenters. The Morgan fingerprint density at radius 3 is 2.66 bits per heavy atom. The Hall–Kier alpha value is -3.48. The van der Waals surface area contributed by atoms with Crippen LogP contribution < -0.4 is 9.64 Å². The maximum absolute atomic E-state index is 13.2. The summed E-state index contributed by atoms with van der Waals surface area (Å²) >= 11 is 7.54. The van der Waals surface area contributed by atoms with Crippen LogP contribution in [0, 0.1) is 0 Å². The largest absolute Gasteiger partial charge is 0.484 e. The summed E-state index contributed by atoms with van der Waals surface area (Å²) in [7, 11) is 0. The molecule has 0 bridgehead atoms. The summed E-state index contributed by atoms with van der Waals surface area (Å²) in [5, 5.41) is 3.40. The molecule has 2 heterocycles. The summed E-state index contributed by atoms with van der Waals surface area (Å²) in [5.41, 5.74) is 1.56. The lowest BCUT2D eigenvalue weighted by molar-refractivity contribution is -0.120. The molecule has 5 nitrogen and oxygen atoms in total. The molecule has 3 aromatic carbocycles. The van der Waals surface area contributed by atoms with E-state index in [4.69, 9.17) is 16.3 Å². The summed E-state index contributed by atoms with van der Waals surface area (Å²) in [5.74, 6) is 0.444. The average molecular weight is 460 g/mol. The molecule has 0 radical (unpaired) electrons. The zero-order chi connectivity index (χ0) is 21.9. The van der Waals surface area contributed by atoms with Crippen molar-refractivity contribution in [2.75, 3.05) is 11.5 Å². The van der Waals surface area contributed by atoms with Gasteiger partial charge in [-0.1, -0.05) is 59.3 Å². The lowest BCUT2D eigenvalue weighted by atomic mass is 10.1. The van der Waals surface area contributed by atoms with Crippen LogP contribution in [-0.4, -0.2) is 22.5 Å². The van der Waals surface area contributed by atoms with Crippen molar-refractivity contribution in [2.45, 2.75) is 6.54 Å². The maximum Gasteiger partial charge on any atom is 0.267 e. The van der Waals surface area contributed by atoms with Gasteiger partial charge >= 0.3 is 0 Å². The van der Waals surface area contributed by atoms with Gasteiger partial charge in [0.15, 0.2) is 11.7 Å². The molecule has 0 unspecified atom stereocenters.